The molecule has 0 aromatic heterocycles. The lowest BCUT2D eigenvalue weighted by atomic mass is 9.96. The van der Waals surface area contributed by atoms with Crippen molar-refractivity contribution in [1.29, 1.82) is 0 Å². The summed E-state index contributed by atoms with van der Waals surface area (Å²) >= 11 is 0. The van der Waals surface area contributed by atoms with E-state index in [1.165, 1.54) is 0 Å². The molecule has 2 N–H and O–H groups in total. The number of carbonyl (C=O) groups excluding carboxylic acids is 2. The minimum Gasteiger partial charge on any atom is -0.497 e. The number of nitrogens with zero attached hydrogens (tertiary/aromatic N) is 3. The molecule has 7 nitrogen and oxygen atoms in total. The molecule has 2 saturated heterocycles. The molecule has 2 amide bonds. The molecule has 0 radical (unpaired) electrons. The Morgan fingerprint density at radius 1 is 1.12 bits per heavy atom. The molecule has 1 aromatic rings. The van der Waals surface area contributed by atoms with E-state index in [2.05, 4.69) is 15.9 Å². The molecule has 2 fully saturated rings. The lowest BCUT2D eigenvalue weighted by molar-refractivity contribution is -0.136. The second-order valence-corrected chi connectivity index (χ2v) is 7.02. The minimum atomic E-state index is -0.245. The molecule has 0 spiro atoms. The first kappa shape index (κ1) is 18.5. The Labute approximate surface area is 154 Å². The molecular formula is C19H28N4O3. The number of likely N-dealkylation sites (tertiary alicyclic amines) is 1. The number of carbonyl (C=O) groups is 2. The van der Waals surface area contributed by atoms with E-state index in [0.717, 1.165) is 37.6 Å². The Morgan fingerprint density at radius 2 is 1.81 bits per heavy atom. The largest absolute Gasteiger partial charge is 0.497 e. The number of rotatable bonds is 5. The van der Waals surface area contributed by atoms with Crippen molar-refractivity contribution in [3.05, 3.63) is 24.3 Å². The fourth-order valence-corrected chi connectivity index (χ4v) is 3.68. The highest BCUT2D eigenvalue weighted by Crippen LogP contribution is 2.22. The van der Waals surface area contributed by atoms with Gasteiger partial charge >= 0.3 is 0 Å². The molecule has 142 valence electrons. The second kappa shape index (κ2) is 8.40. The van der Waals surface area contributed by atoms with E-state index in [0.29, 0.717) is 32.5 Å². The van der Waals surface area contributed by atoms with Crippen molar-refractivity contribution in [3.8, 4) is 5.75 Å². The molecule has 0 saturated carbocycles. The van der Waals surface area contributed by atoms with Gasteiger partial charge in [-0.25, -0.2) is 0 Å². The summed E-state index contributed by atoms with van der Waals surface area (Å²) in [4.78, 5) is 30.1. The van der Waals surface area contributed by atoms with E-state index >= 15 is 0 Å². The summed E-state index contributed by atoms with van der Waals surface area (Å²) in [5.41, 5.74) is 6.51. The third kappa shape index (κ3) is 4.46. The zero-order chi connectivity index (χ0) is 18.5. The smallest absolute Gasteiger partial charge is 0.236 e. The Hall–Kier alpha value is -2.28. The van der Waals surface area contributed by atoms with Crippen LogP contribution in [0.15, 0.2) is 24.3 Å². The van der Waals surface area contributed by atoms with Gasteiger partial charge in [-0.15, -0.1) is 0 Å². The van der Waals surface area contributed by atoms with E-state index in [4.69, 9.17) is 10.5 Å². The maximum Gasteiger partial charge on any atom is 0.236 e. The number of hydrogen-bond acceptors (Lipinski definition) is 5. The van der Waals surface area contributed by atoms with Crippen molar-refractivity contribution in [2.75, 3.05) is 57.8 Å². The normalized spacial score (nSPS) is 19.4. The average Bonchev–Trinajstić information content (AvgIpc) is 2.68. The second-order valence-electron chi connectivity index (χ2n) is 7.02. The summed E-state index contributed by atoms with van der Waals surface area (Å²) in [7, 11) is 1.68. The van der Waals surface area contributed by atoms with Gasteiger partial charge in [-0.2, -0.15) is 0 Å². The number of methoxy groups -OCH3 is 1. The van der Waals surface area contributed by atoms with Crippen LogP contribution in [0.2, 0.25) is 0 Å². The number of benzene rings is 1. The van der Waals surface area contributed by atoms with Crippen LogP contribution < -0.4 is 15.4 Å². The first-order chi connectivity index (χ1) is 12.6. The van der Waals surface area contributed by atoms with Crippen LogP contribution in [0.4, 0.5) is 5.69 Å². The molecule has 1 aromatic carbocycles. The number of nitrogens with two attached hydrogens (primary N) is 1. The topological polar surface area (TPSA) is 79.1 Å². The summed E-state index contributed by atoms with van der Waals surface area (Å²) in [5, 5.41) is 0. The Morgan fingerprint density at radius 3 is 2.42 bits per heavy atom. The number of piperazine rings is 1. The van der Waals surface area contributed by atoms with Crippen molar-refractivity contribution in [2.45, 2.75) is 12.8 Å². The Bertz CT molecular complexity index is 635. The van der Waals surface area contributed by atoms with Crippen LogP contribution in [0.3, 0.4) is 0 Å². The third-order valence-corrected chi connectivity index (χ3v) is 5.40. The molecule has 7 heteroatoms. The number of hydrogen-bond donors (Lipinski definition) is 1. The maximum atomic E-state index is 12.5. The van der Waals surface area contributed by atoms with Gasteiger partial charge in [0.15, 0.2) is 0 Å². The average molecular weight is 360 g/mol. The number of piperidine rings is 1. The van der Waals surface area contributed by atoms with Gasteiger partial charge in [0.05, 0.1) is 13.7 Å². The zero-order valence-electron chi connectivity index (χ0n) is 15.4. The van der Waals surface area contributed by atoms with Crippen molar-refractivity contribution in [1.82, 2.24) is 9.80 Å². The van der Waals surface area contributed by atoms with Crippen molar-refractivity contribution >= 4 is 17.5 Å². The summed E-state index contributed by atoms with van der Waals surface area (Å²) in [6.45, 7) is 5.23. The molecule has 2 aliphatic rings. The standard InChI is InChI=1S/C19H28N4O3/c1-26-17-4-2-3-16(13-17)22-11-9-21(10-12-22)14-18(24)23-7-5-15(6-8-23)19(20)25/h2-4,13,15H,5-12,14H2,1H3,(H2,20,25). The Balaban J connectivity index is 1.45. The highest BCUT2D eigenvalue weighted by atomic mass is 16.5. The van der Waals surface area contributed by atoms with Gasteiger partial charge in [-0.3, -0.25) is 14.5 Å². The van der Waals surface area contributed by atoms with Gasteiger partial charge in [0.25, 0.3) is 0 Å². The Kier molecular flexibility index (Phi) is 5.98. The molecule has 2 heterocycles. The van der Waals surface area contributed by atoms with E-state index in [-0.39, 0.29) is 17.7 Å². The zero-order valence-corrected chi connectivity index (χ0v) is 15.4. The highest BCUT2D eigenvalue weighted by Gasteiger charge is 2.27. The van der Waals surface area contributed by atoms with E-state index in [9.17, 15) is 9.59 Å². The quantitative estimate of drug-likeness (QED) is 0.829. The van der Waals surface area contributed by atoms with Crippen LogP contribution in [0.1, 0.15) is 12.8 Å². The molecule has 3 rings (SSSR count). The van der Waals surface area contributed by atoms with Crippen LogP contribution in [0, 0.1) is 5.92 Å². The van der Waals surface area contributed by atoms with Gasteiger partial charge < -0.3 is 20.3 Å². The molecule has 0 bridgehead atoms. The lowest BCUT2D eigenvalue weighted by Crippen LogP contribution is -2.51. The monoisotopic (exact) mass is 360 g/mol. The van der Waals surface area contributed by atoms with Crippen LogP contribution >= 0.6 is 0 Å². The number of ether oxygens (including phenoxy) is 1. The van der Waals surface area contributed by atoms with Gasteiger partial charge in [-0.05, 0) is 25.0 Å². The van der Waals surface area contributed by atoms with Gasteiger partial charge in [0, 0.05) is 56.9 Å². The maximum absolute atomic E-state index is 12.5. The number of anilines is 1. The summed E-state index contributed by atoms with van der Waals surface area (Å²) < 4.78 is 5.29. The fraction of sp³-hybridized carbons (Fsp3) is 0.579. The molecule has 0 atom stereocenters. The number of amides is 2. The first-order valence-corrected chi connectivity index (χ1v) is 9.25. The van der Waals surface area contributed by atoms with Crippen LogP contribution in [-0.2, 0) is 9.59 Å². The van der Waals surface area contributed by atoms with Gasteiger partial charge in [0.1, 0.15) is 5.75 Å². The fourth-order valence-electron chi connectivity index (χ4n) is 3.68. The van der Waals surface area contributed by atoms with E-state index < -0.39 is 0 Å². The first-order valence-electron chi connectivity index (χ1n) is 9.25. The summed E-state index contributed by atoms with van der Waals surface area (Å²) in [6, 6.07) is 8.08. The predicted molar refractivity (Wildman–Crippen MR) is 100 cm³/mol. The highest BCUT2D eigenvalue weighted by molar-refractivity contribution is 5.80. The van der Waals surface area contributed by atoms with Crippen LogP contribution in [0.25, 0.3) is 0 Å². The van der Waals surface area contributed by atoms with E-state index in [1.54, 1.807) is 7.11 Å². The molecule has 0 aliphatic carbocycles. The van der Waals surface area contributed by atoms with Crippen molar-refractivity contribution in [3.63, 3.8) is 0 Å². The van der Waals surface area contributed by atoms with Gasteiger partial charge in [0.2, 0.25) is 11.8 Å². The van der Waals surface area contributed by atoms with Crippen LogP contribution in [0.5, 0.6) is 5.75 Å². The molecule has 0 unspecified atom stereocenters. The van der Waals surface area contributed by atoms with Crippen molar-refractivity contribution in [2.24, 2.45) is 11.7 Å². The van der Waals surface area contributed by atoms with Gasteiger partial charge in [-0.1, -0.05) is 6.07 Å². The molecular weight excluding hydrogens is 332 g/mol. The van der Waals surface area contributed by atoms with Crippen molar-refractivity contribution < 1.29 is 14.3 Å². The minimum absolute atomic E-state index is 0.0783. The third-order valence-electron chi connectivity index (χ3n) is 5.40. The predicted octanol–water partition coefficient (Wildman–Crippen LogP) is 0.541. The molecule has 26 heavy (non-hydrogen) atoms. The summed E-state index contributed by atoms with van der Waals surface area (Å²) in [6.07, 6.45) is 1.37. The SMILES string of the molecule is COc1cccc(N2CCN(CC(=O)N3CCC(C(N)=O)CC3)CC2)c1. The van der Waals surface area contributed by atoms with E-state index in [1.807, 2.05) is 23.1 Å². The van der Waals surface area contributed by atoms with Crippen LogP contribution in [-0.4, -0.2) is 74.5 Å². The molecule has 2 aliphatic heterocycles. The lowest BCUT2D eigenvalue weighted by Gasteiger charge is -2.37. The summed E-state index contributed by atoms with van der Waals surface area (Å²) in [5.74, 6) is 0.693. The number of primary amides is 1.